The van der Waals surface area contributed by atoms with E-state index in [2.05, 4.69) is 34.7 Å². The van der Waals surface area contributed by atoms with Gasteiger partial charge in [0.2, 0.25) is 0 Å². The highest BCUT2D eigenvalue weighted by molar-refractivity contribution is 14.1. The van der Waals surface area contributed by atoms with Crippen LogP contribution in [0.4, 0.5) is 5.69 Å². The molecule has 0 saturated heterocycles. The molecule has 0 amide bonds. The molecule has 0 heterocycles. The highest BCUT2D eigenvalue weighted by atomic mass is 127. The number of benzene rings is 1. The van der Waals surface area contributed by atoms with Crippen LogP contribution in [0.15, 0.2) is 18.2 Å². The monoisotopic (exact) mass is 301 g/mol. The molecule has 1 nitrogen and oxygen atoms in total. The fourth-order valence-electron chi connectivity index (χ4n) is 2.23. The smallest absolute Gasteiger partial charge is 0.0449 e. The Morgan fingerprint density at radius 3 is 2.50 bits per heavy atom. The fraction of sp³-hybridized carbons (Fsp3) is 0.500. The van der Waals surface area contributed by atoms with Gasteiger partial charge in [-0.1, -0.05) is 25.3 Å². The summed E-state index contributed by atoms with van der Waals surface area (Å²) in [6.45, 7) is 0. The molecule has 2 N–H and O–H groups in total. The summed E-state index contributed by atoms with van der Waals surface area (Å²) in [5.41, 5.74) is 8.21. The molecule has 0 unspecified atom stereocenters. The van der Waals surface area contributed by atoms with Crippen LogP contribution >= 0.6 is 22.6 Å². The molecule has 2 rings (SSSR count). The van der Waals surface area contributed by atoms with Gasteiger partial charge in [0.1, 0.15) is 0 Å². The number of halogens is 1. The second-order valence-electron chi connectivity index (χ2n) is 4.12. The summed E-state index contributed by atoms with van der Waals surface area (Å²) < 4.78 is 1.20. The maximum Gasteiger partial charge on any atom is 0.0449 e. The van der Waals surface area contributed by atoms with E-state index in [9.17, 15) is 0 Å². The van der Waals surface area contributed by atoms with Crippen LogP contribution in [0.2, 0.25) is 0 Å². The highest BCUT2D eigenvalue weighted by Crippen LogP contribution is 2.33. The molecule has 1 saturated carbocycles. The quantitative estimate of drug-likeness (QED) is 0.617. The van der Waals surface area contributed by atoms with Crippen LogP contribution in [-0.4, -0.2) is 0 Å². The summed E-state index contributed by atoms with van der Waals surface area (Å²) in [7, 11) is 0. The lowest BCUT2D eigenvalue weighted by Crippen LogP contribution is -2.05. The third-order valence-corrected chi connectivity index (χ3v) is 4.04. The van der Waals surface area contributed by atoms with Crippen LogP contribution in [0.25, 0.3) is 0 Å². The normalized spacial score (nSPS) is 18.4. The Hall–Kier alpha value is -0.250. The van der Waals surface area contributed by atoms with Gasteiger partial charge in [-0.2, -0.15) is 0 Å². The van der Waals surface area contributed by atoms with E-state index in [0.717, 1.165) is 11.6 Å². The molecule has 1 aliphatic rings. The van der Waals surface area contributed by atoms with Gasteiger partial charge >= 0.3 is 0 Å². The molecule has 0 aliphatic heterocycles. The summed E-state index contributed by atoms with van der Waals surface area (Å²) in [5.74, 6) is 0.790. The minimum Gasteiger partial charge on any atom is -0.398 e. The predicted octanol–water partition coefficient (Wildman–Crippen LogP) is 3.92. The van der Waals surface area contributed by atoms with E-state index in [1.807, 2.05) is 6.07 Å². The maximum atomic E-state index is 5.81. The van der Waals surface area contributed by atoms with Gasteiger partial charge in [-0.25, -0.2) is 0 Å². The molecule has 14 heavy (non-hydrogen) atoms. The molecule has 1 aromatic rings. The number of anilines is 1. The van der Waals surface area contributed by atoms with E-state index in [1.165, 1.54) is 41.2 Å². The number of nitrogens with two attached hydrogens (primary N) is 1. The van der Waals surface area contributed by atoms with Crippen molar-refractivity contribution in [1.82, 2.24) is 0 Å². The van der Waals surface area contributed by atoms with Gasteiger partial charge in [-0.05, 0) is 59.0 Å². The zero-order valence-electron chi connectivity index (χ0n) is 8.30. The van der Waals surface area contributed by atoms with Gasteiger partial charge in [0.15, 0.2) is 0 Å². The second-order valence-corrected chi connectivity index (χ2v) is 5.28. The molecule has 0 aromatic heterocycles. The minimum atomic E-state index is 0.790. The summed E-state index contributed by atoms with van der Waals surface area (Å²) in [6, 6.07) is 6.51. The van der Waals surface area contributed by atoms with Gasteiger partial charge in [0, 0.05) is 9.26 Å². The Labute approximate surface area is 99.2 Å². The van der Waals surface area contributed by atoms with Gasteiger partial charge in [-0.15, -0.1) is 0 Å². The van der Waals surface area contributed by atoms with Crippen molar-refractivity contribution in [3.05, 3.63) is 27.3 Å². The number of hydrogen-bond acceptors (Lipinski definition) is 1. The second kappa shape index (κ2) is 4.51. The molecule has 0 spiro atoms. The van der Waals surface area contributed by atoms with E-state index < -0.39 is 0 Å². The molecule has 1 aliphatic carbocycles. The van der Waals surface area contributed by atoms with Gasteiger partial charge in [-0.3, -0.25) is 0 Å². The summed E-state index contributed by atoms with van der Waals surface area (Å²) in [5, 5.41) is 0. The van der Waals surface area contributed by atoms with Crippen LogP contribution in [0, 0.1) is 3.57 Å². The molecule has 76 valence electrons. The molecule has 1 fully saturated rings. The molecule has 0 bridgehead atoms. The Kier molecular flexibility index (Phi) is 3.31. The number of nitrogen functional groups attached to an aromatic ring is 1. The summed E-state index contributed by atoms with van der Waals surface area (Å²) in [4.78, 5) is 0. The Bertz CT molecular complexity index is 316. The van der Waals surface area contributed by atoms with Crippen LogP contribution in [0.3, 0.4) is 0 Å². The topological polar surface area (TPSA) is 26.0 Å². The highest BCUT2D eigenvalue weighted by Gasteiger charge is 2.15. The first-order valence-electron chi connectivity index (χ1n) is 5.32. The van der Waals surface area contributed by atoms with Crippen molar-refractivity contribution < 1.29 is 0 Å². The van der Waals surface area contributed by atoms with Crippen molar-refractivity contribution in [2.24, 2.45) is 0 Å². The molecule has 0 atom stereocenters. The third-order valence-electron chi connectivity index (χ3n) is 3.10. The minimum absolute atomic E-state index is 0.790. The van der Waals surface area contributed by atoms with E-state index in [0.29, 0.717) is 0 Å². The van der Waals surface area contributed by atoms with Gasteiger partial charge in [0.25, 0.3) is 0 Å². The Balaban J connectivity index is 2.18. The van der Waals surface area contributed by atoms with Crippen LogP contribution in [-0.2, 0) is 0 Å². The molecule has 1 aromatic carbocycles. The molecule has 2 heteroatoms. The van der Waals surface area contributed by atoms with Crippen LogP contribution in [0.5, 0.6) is 0 Å². The van der Waals surface area contributed by atoms with Crippen molar-refractivity contribution in [1.29, 1.82) is 0 Å². The summed E-state index contributed by atoms with van der Waals surface area (Å²) in [6.07, 6.45) is 6.93. The summed E-state index contributed by atoms with van der Waals surface area (Å²) >= 11 is 2.32. The van der Waals surface area contributed by atoms with E-state index in [1.54, 1.807) is 0 Å². The zero-order chi connectivity index (χ0) is 9.97. The van der Waals surface area contributed by atoms with Gasteiger partial charge in [0.05, 0.1) is 0 Å². The molecule has 0 radical (unpaired) electrons. The third kappa shape index (κ3) is 2.22. The lowest BCUT2D eigenvalue weighted by molar-refractivity contribution is 0.443. The SMILES string of the molecule is Nc1ccc(C2CCCCC2)cc1I. The van der Waals surface area contributed by atoms with Crippen molar-refractivity contribution in [3.63, 3.8) is 0 Å². The average Bonchev–Trinajstić information content (AvgIpc) is 2.23. The lowest BCUT2D eigenvalue weighted by atomic mass is 9.84. The Morgan fingerprint density at radius 2 is 1.86 bits per heavy atom. The van der Waals surface area contributed by atoms with Crippen molar-refractivity contribution in [2.45, 2.75) is 38.0 Å². The molecular formula is C12H16IN. The van der Waals surface area contributed by atoms with Crippen LogP contribution < -0.4 is 5.73 Å². The first-order valence-corrected chi connectivity index (χ1v) is 6.40. The van der Waals surface area contributed by atoms with E-state index in [4.69, 9.17) is 5.73 Å². The predicted molar refractivity (Wildman–Crippen MR) is 69.4 cm³/mol. The first-order chi connectivity index (χ1) is 6.77. The lowest BCUT2D eigenvalue weighted by Gasteiger charge is -2.22. The maximum absolute atomic E-state index is 5.81. The number of hydrogen-bond donors (Lipinski definition) is 1. The van der Waals surface area contributed by atoms with Crippen molar-refractivity contribution in [3.8, 4) is 0 Å². The van der Waals surface area contributed by atoms with Crippen molar-refractivity contribution >= 4 is 28.3 Å². The average molecular weight is 301 g/mol. The van der Waals surface area contributed by atoms with Crippen molar-refractivity contribution in [2.75, 3.05) is 5.73 Å². The molecular weight excluding hydrogens is 285 g/mol. The first kappa shape index (κ1) is 10.3. The Morgan fingerprint density at radius 1 is 1.14 bits per heavy atom. The zero-order valence-corrected chi connectivity index (χ0v) is 10.5. The largest absolute Gasteiger partial charge is 0.398 e. The van der Waals surface area contributed by atoms with E-state index >= 15 is 0 Å². The standard InChI is InChI=1S/C12H16IN/c13-11-8-10(6-7-12(11)14)9-4-2-1-3-5-9/h6-9H,1-5,14H2. The van der Waals surface area contributed by atoms with Crippen LogP contribution in [0.1, 0.15) is 43.6 Å². The number of rotatable bonds is 1. The van der Waals surface area contributed by atoms with Gasteiger partial charge < -0.3 is 5.73 Å². The van der Waals surface area contributed by atoms with E-state index in [-0.39, 0.29) is 0 Å². The fourth-order valence-corrected chi connectivity index (χ4v) is 2.77.